The minimum Gasteiger partial charge on any atom is -0.335 e. The molecule has 0 spiro atoms. The minimum absolute atomic E-state index is 0.138. The molecule has 0 aromatic heterocycles. The Morgan fingerprint density at radius 2 is 1.87 bits per heavy atom. The highest BCUT2D eigenvalue weighted by molar-refractivity contribution is 5.74. The summed E-state index contributed by atoms with van der Waals surface area (Å²) in [5, 5.41) is 3.26. The third-order valence-corrected chi connectivity index (χ3v) is 5.09. The van der Waals surface area contributed by atoms with Gasteiger partial charge in [0.05, 0.1) is 0 Å². The van der Waals surface area contributed by atoms with Crippen LogP contribution in [0.4, 0.5) is 4.79 Å². The predicted octanol–water partition coefficient (Wildman–Crippen LogP) is 2.15. The van der Waals surface area contributed by atoms with Crippen LogP contribution in [0.3, 0.4) is 0 Å². The molecule has 0 saturated carbocycles. The van der Waals surface area contributed by atoms with Gasteiger partial charge in [0.1, 0.15) is 0 Å². The van der Waals surface area contributed by atoms with E-state index in [1.807, 2.05) is 4.90 Å². The first-order chi connectivity index (χ1) is 11.0. The highest BCUT2D eigenvalue weighted by atomic mass is 16.2. The Morgan fingerprint density at radius 1 is 1.17 bits per heavy atom. The number of rotatable bonds is 4. The standard InChI is InChI=1S/C18H34N4O/c1-15(2)7-11-21-12-8-16(9-13-21)19-18(23)22-10-5-6-17(14-22)20(3)4/h7,16-17H,5-6,8-14H2,1-4H3,(H,19,23)/t17-/m0/s1. The van der Waals surface area contributed by atoms with E-state index in [2.05, 4.69) is 49.1 Å². The number of allylic oxidation sites excluding steroid dienone is 1. The first-order valence-corrected chi connectivity index (χ1v) is 9.03. The number of carbonyl (C=O) groups excluding carboxylic acids is 1. The van der Waals surface area contributed by atoms with Gasteiger partial charge in [-0.25, -0.2) is 4.79 Å². The number of urea groups is 1. The molecule has 0 unspecified atom stereocenters. The van der Waals surface area contributed by atoms with Crippen molar-refractivity contribution in [3.63, 3.8) is 0 Å². The molecule has 0 aromatic rings. The van der Waals surface area contributed by atoms with E-state index in [1.165, 1.54) is 12.0 Å². The van der Waals surface area contributed by atoms with E-state index < -0.39 is 0 Å². The molecule has 5 nitrogen and oxygen atoms in total. The molecule has 2 rings (SSSR count). The number of nitrogens with zero attached hydrogens (tertiary/aromatic N) is 3. The topological polar surface area (TPSA) is 38.8 Å². The van der Waals surface area contributed by atoms with E-state index in [-0.39, 0.29) is 6.03 Å². The molecule has 1 N–H and O–H groups in total. The third-order valence-electron chi connectivity index (χ3n) is 5.09. The van der Waals surface area contributed by atoms with Crippen LogP contribution < -0.4 is 5.32 Å². The van der Waals surface area contributed by atoms with E-state index in [4.69, 9.17) is 0 Å². The van der Waals surface area contributed by atoms with Crippen LogP contribution in [-0.2, 0) is 0 Å². The lowest BCUT2D eigenvalue weighted by Crippen LogP contribution is -2.54. The molecule has 2 saturated heterocycles. The molecule has 132 valence electrons. The van der Waals surface area contributed by atoms with E-state index >= 15 is 0 Å². The fourth-order valence-corrected chi connectivity index (χ4v) is 3.40. The summed E-state index contributed by atoms with van der Waals surface area (Å²) in [6.07, 6.45) is 6.71. The predicted molar refractivity (Wildman–Crippen MR) is 95.7 cm³/mol. The Bertz CT molecular complexity index is 409. The molecule has 2 aliphatic rings. The summed E-state index contributed by atoms with van der Waals surface area (Å²) in [4.78, 5) is 19.2. The summed E-state index contributed by atoms with van der Waals surface area (Å²) in [5.41, 5.74) is 1.38. The highest BCUT2D eigenvalue weighted by Gasteiger charge is 2.27. The van der Waals surface area contributed by atoms with Gasteiger partial charge in [0, 0.05) is 44.8 Å². The molecule has 0 aliphatic carbocycles. The number of piperidine rings is 2. The van der Waals surface area contributed by atoms with Crippen molar-refractivity contribution >= 4 is 6.03 Å². The van der Waals surface area contributed by atoms with Gasteiger partial charge >= 0.3 is 6.03 Å². The minimum atomic E-state index is 0.138. The fraction of sp³-hybridized carbons (Fsp3) is 0.833. The molecule has 0 aromatic carbocycles. The van der Waals surface area contributed by atoms with Gasteiger partial charge in [0.15, 0.2) is 0 Å². The summed E-state index contributed by atoms with van der Waals surface area (Å²) in [6, 6.07) is 0.977. The van der Waals surface area contributed by atoms with Crippen LogP contribution in [0.5, 0.6) is 0 Å². The number of hydrogen-bond donors (Lipinski definition) is 1. The zero-order valence-electron chi connectivity index (χ0n) is 15.3. The van der Waals surface area contributed by atoms with Crippen molar-refractivity contribution in [2.75, 3.05) is 46.8 Å². The normalized spacial score (nSPS) is 23.9. The first-order valence-electron chi connectivity index (χ1n) is 9.03. The molecule has 23 heavy (non-hydrogen) atoms. The van der Waals surface area contributed by atoms with Gasteiger partial charge < -0.3 is 15.1 Å². The number of likely N-dealkylation sites (tertiary alicyclic amines) is 2. The van der Waals surface area contributed by atoms with Gasteiger partial charge in [-0.1, -0.05) is 11.6 Å². The van der Waals surface area contributed by atoms with Crippen LogP contribution in [0.1, 0.15) is 39.5 Å². The molecule has 2 heterocycles. The number of carbonyl (C=O) groups is 1. The lowest BCUT2D eigenvalue weighted by molar-refractivity contribution is 0.133. The maximum atomic E-state index is 12.5. The monoisotopic (exact) mass is 322 g/mol. The van der Waals surface area contributed by atoms with Crippen molar-refractivity contribution in [3.8, 4) is 0 Å². The summed E-state index contributed by atoms with van der Waals surface area (Å²) in [7, 11) is 4.21. The Hall–Kier alpha value is -1.07. The SMILES string of the molecule is CC(C)=CCN1CCC(NC(=O)N2CCC[C@H](N(C)C)C2)CC1. The van der Waals surface area contributed by atoms with Crippen molar-refractivity contribution in [1.82, 2.24) is 20.0 Å². The molecule has 2 aliphatic heterocycles. The van der Waals surface area contributed by atoms with Gasteiger partial charge in [0.25, 0.3) is 0 Å². The molecule has 2 amide bonds. The molecular weight excluding hydrogens is 288 g/mol. The van der Waals surface area contributed by atoms with Crippen LogP contribution in [-0.4, -0.2) is 79.6 Å². The van der Waals surface area contributed by atoms with E-state index in [0.717, 1.165) is 52.0 Å². The summed E-state index contributed by atoms with van der Waals surface area (Å²) in [5.74, 6) is 0. The highest BCUT2D eigenvalue weighted by Crippen LogP contribution is 2.15. The summed E-state index contributed by atoms with van der Waals surface area (Å²) < 4.78 is 0. The lowest BCUT2D eigenvalue weighted by atomic mass is 10.0. The molecular formula is C18H34N4O. The van der Waals surface area contributed by atoms with Crippen molar-refractivity contribution in [2.24, 2.45) is 0 Å². The van der Waals surface area contributed by atoms with E-state index in [1.54, 1.807) is 0 Å². The van der Waals surface area contributed by atoms with Crippen molar-refractivity contribution < 1.29 is 4.79 Å². The summed E-state index contributed by atoms with van der Waals surface area (Å²) in [6.45, 7) is 9.25. The Kier molecular flexibility index (Phi) is 6.90. The van der Waals surface area contributed by atoms with Crippen LogP contribution in [0, 0.1) is 0 Å². The molecule has 2 fully saturated rings. The Labute approximate surface area is 141 Å². The number of nitrogens with one attached hydrogen (secondary N) is 1. The van der Waals surface area contributed by atoms with Gasteiger partial charge in [-0.05, 0) is 53.6 Å². The fourth-order valence-electron chi connectivity index (χ4n) is 3.40. The number of amides is 2. The quantitative estimate of drug-likeness (QED) is 0.806. The van der Waals surface area contributed by atoms with E-state index in [9.17, 15) is 4.79 Å². The second-order valence-corrected chi connectivity index (χ2v) is 7.51. The van der Waals surface area contributed by atoms with E-state index in [0.29, 0.717) is 12.1 Å². The largest absolute Gasteiger partial charge is 0.335 e. The van der Waals surface area contributed by atoms with Gasteiger partial charge in [-0.2, -0.15) is 0 Å². The molecule has 1 atom stereocenters. The number of likely N-dealkylation sites (N-methyl/N-ethyl adjacent to an activating group) is 1. The maximum absolute atomic E-state index is 12.5. The Morgan fingerprint density at radius 3 is 2.48 bits per heavy atom. The second kappa shape index (κ2) is 8.69. The molecule has 0 bridgehead atoms. The zero-order valence-corrected chi connectivity index (χ0v) is 15.3. The average Bonchev–Trinajstić information content (AvgIpc) is 2.54. The number of hydrogen-bond acceptors (Lipinski definition) is 3. The summed E-state index contributed by atoms with van der Waals surface area (Å²) >= 11 is 0. The Balaban J connectivity index is 1.73. The third kappa shape index (κ3) is 5.81. The van der Waals surface area contributed by atoms with Gasteiger partial charge in [-0.3, -0.25) is 4.90 Å². The van der Waals surface area contributed by atoms with Crippen molar-refractivity contribution in [2.45, 2.75) is 51.6 Å². The second-order valence-electron chi connectivity index (χ2n) is 7.51. The lowest BCUT2D eigenvalue weighted by Gasteiger charge is -2.38. The molecule has 0 radical (unpaired) electrons. The van der Waals surface area contributed by atoms with Crippen molar-refractivity contribution in [1.29, 1.82) is 0 Å². The maximum Gasteiger partial charge on any atom is 0.317 e. The van der Waals surface area contributed by atoms with Crippen LogP contribution >= 0.6 is 0 Å². The smallest absolute Gasteiger partial charge is 0.317 e. The van der Waals surface area contributed by atoms with Crippen molar-refractivity contribution in [3.05, 3.63) is 11.6 Å². The van der Waals surface area contributed by atoms with Crippen LogP contribution in [0.15, 0.2) is 11.6 Å². The van der Waals surface area contributed by atoms with Crippen LogP contribution in [0.2, 0.25) is 0 Å². The van der Waals surface area contributed by atoms with Gasteiger partial charge in [0.2, 0.25) is 0 Å². The van der Waals surface area contributed by atoms with Gasteiger partial charge in [-0.15, -0.1) is 0 Å². The molecule has 5 heteroatoms. The zero-order chi connectivity index (χ0) is 16.8. The first kappa shape index (κ1) is 18.3. The van der Waals surface area contributed by atoms with Crippen LogP contribution in [0.25, 0.3) is 0 Å². The average molecular weight is 322 g/mol.